The molecule has 3 rings (SSSR count). The molecule has 0 spiro atoms. The highest BCUT2D eigenvalue weighted by molar-refractivity contribution is 9.10. The Morgan fingerprint density at radius 1 is 1.35 bits per heavy atom. The van der Waals surface area contributed by atoms with Crippen LogP contribution in [0.1, 0.15) is 21.7 Å². The van der Waals surface area contributed by atoms with Gasteiger partial charge in [-0.3, -0.25) is 9.48 Å². The van der Waals surface area contributed by atoms with Crippen LogP contribution >= 0.6 is 27.3 Å². The number of amides is 1. The van der Waals surface area contributed by atoms with Gasteiger partial charge in [-0.15, -0.1) is 11.3 Å². The summed E-state index contributed by atoms with van der Waals surface area (Å²) in [5.74, 6) is 0.508. The van der Waals surface area contributed by atoms with Gasteiger partial charge in [0.25, 0.3) is 5.91 Å². The molecule has 2 aromatic heterocycles. The van der Waals surface area contributed by atoms with Crippen LogP contribution in [0.2, 0.25) is 0 Å². The molecular formula is C19H20BrN3O2S. The highest BCUT2D eigenvalue weighted by atomic mass is 79.9. The number of benzene rings is 1. The second-order valence-electron chi connectivity index (χ2n) is 5.85. The minimum Gasteiger partial charge on any atom is -0.497 e. The van der Waals surface area contributed by atoms with Gasteiger partial charge in [0.1, 0.15) is 5.75 Å². The lowest BCUT2D eigenvalue weighted by Crippen LogP contribution is -2.28. The predicted molar refractivity (Wildman–Crippen MR) is 108 cm³/mol. The lowest BCUT2D eigenvalue weighted by Gasteiger charge is -2.10. The molecule has 0 saturated heterocycles. The van der Waals surface area contributed by atoms with Gasteiger partial charge >= 0.3 is 0 Å². The molecule has 0 aliphatic carbocycles. The zero-order chi connectivity index (χ0) is 18.7. The van der Waals surface area contributed by atoms with Crippen LogP contribution in [0, 0.1) is 13.8 Å². The summed E-state index contributed by atoms with van der Waals surface area (Å²) in [5.41, 5.74) is 3.85. The lowest BCUT2D eigenvalue weighted by molar-refractivity contribution is 0.0950. The summed E-state index contributed by atoms with van der Waals surface area (Å²) >= 11 is 5.12. The van der Waals surface area contributed by atoms with Crippen LogP contribution in [0.25, 0.3) is 10.4 Å². The van der Waals surface area contributed by atoms with E-state index in [4.69, 9.17) is 4.74 Å². The molecule has 0 unspecified atom stereocenters. The molecule has 1 aromatic carbocycles. The number of nitrogens with zero attached hydrogens (tertiary/aromatic N) is 2. The first-order chi connectivity index (χ1) is 12.5. The molecule has 26 heavy (non-hydrogen) atoms. The van der Waals surface area contributed by atoms with E-state index in [-0.39, 0.29) is 5.91 Å². The zero-order valence-corrected chi connectivity index (χ0v) is 17.3. The first-order valence-corrected chi connectivity index (χ1v) is 9.88. The van der Waals surface area contributed by atoms with Crippen LogP contribution in [0.15, 0.2) is 40.2 Å². The summed E-state index contributed by atoms with van der Waals surface area (Å²) in [6.07, 6.45) is 0. The van der Waals surface area contributed by atoms with E-state index in [0.29, 0.717) is 24.4 Å². The Hall–Kier alpha value is -2.12. The Morgan fingerprint density at radius 3 is 2.85 bits per heavy atom. The fraction of sp³-hybridized carbons (Fsp3) is 0.263. The van der Waals surface area contributed by atoms with Crippen molar-refractivity contribution in [2.45, 2.75) is 20.4 Å². The van der Waals surface area contributed by atoms with E-state index in [2.05, 4.69) is 44.7 Å². The molecular weight excluding hydrogens is 414 g/mol. The number of carbonyl (C=O) groups is 1. The Balaban J connectivity index is 1.67. The molecule has 0 saturated carbocycles. The number of hydrogen-bond donors (Lipinski definition) is 1. The average Bonchev–Trinajstić information content (AvgIpc) is 3.23. The number of hydrogen-bond acceptors (Lipinski definition) is 4. The Bertz CT molecular complexity index is 919. The first kappa shape index (κ1) is 18.7. The number of carbonyl (C=O) groups excluding carboxylic acids is 1. The second kappa shape index (κ2) is 8.05. The highest BCUT2D eigenvalue weighted by Gasteiger charge is 2.15. The van der Waals surface area contributed by atoms with Gasteiger partial charge in [0.2, 0.25) is 0 Å². The van der Waals surface area contributed by atoms with E-state index in [1.807, 2.05) is 29.8 Å². The quantitative estimate of drug-likeness (QED) is 0.625. The van der Waals surface area contributed by atoms with E-state index in [0.717, 1.165) is 15.9 Å². The molecule has 1 amide bonds. The normalized spacial score (nSPS) is 10.8. The lowest BCUT2D eigenvalue weighted by atomic mass is 10.1. The van der Waals surface area contributed by atoms with Crippen LogP contribution in [-0.4, -0.2) is 29.3 Å². The molecule has 3 aromatic rings. The third-order valence-corrected chi connectivity index (χ3v) is 5.76. The monoisotopic (exact) mass is 433 g/mol. The van der Waals surface area contributed by atoms with E-state index in [1.165, 1.54) is 10.4 Å². The van der Waals surface area contributed by atoms with Crippen molar-refractivity contribution in [2.75, 3.05) is 13.7 Å². The van der Waals surface area contributed by atoms with Crippen LogP contribution in [-0.2, 0) is 6.54 Å². The number of ether oxygens (including phenoxy) is 1. The van der Waals surface area contributed by atoms with Crippen LogP contribution in [0.4, 0.5) is 0 Å². The summed E-state index contributed by atoms with van der Waals surface area (Å²) in [7, 11) is 1.58. The minimum atomic E-state index is -0.143. The van der Waals surface area contributed by atoms with Crippen molar-refractivity contribution < 1.29 is 9.53 Å². The third-order valence-electron chi connectivity index (χ3n) is 4.18. The summed E-state index contributed by atoms with van der Waals surface area (Å²) in [4.78, 5) is 13.7. The standard InChI is InChI=1S/C19H20BrN3O2S/c1-12-18(17-5-4-10-26-17)13(2)23(22-12)9-8-21-19(24)15-11-14(25-3)6-7-16(15)20/h4-7,10-11H,8-9H2,1-3H3,(H,21,24). The van der Waals surface area contributed by atoms with Gasteiger partial charge in [-0.25, -0.2) is 0 Å². The van der Waals surface area contributed by atoms with Gasteiger partial charge in [-0.05, 0) is 59.4 Å². The van der Waals surface area contributed by atoms with E-state index in [9.17, 15) is 4.79 Å². The van der Waals surface area contributed by atoms with Crippen LogP contribution in [0.3, 0.4) is 0 Å². The first-order valence-electron chi connectivity index (χ1n) is 8.21. The van der Waals surface area contributed by atoms with E-state index < -0.39 is 0 Å². The van der Waals surface area contributed by atoms with Crippen molar-refractivity contribution >= 4 is 33.2 Å². The van der Waals surface area contributed by atoms with Crippen molar-refractivity contribution in [3.63, 3.8) is 0 Å². The average molecular weight is 434 g/mol. The third kappa shape index (κ3) is 3.83. The maximum atomic E-state index is 12.4. The number of halogens is 1. The Labute approximate surface area is 165 Å². The topological polar surface area (TPSA) is 56.1 Å². The van der Waals surface area contributed by atoms with E-state index in [1.54, 1.807) is 24.5 Å². The predicted octanol–water partition coefficient (Wildman–Crippen LogP) is 4.43. The van der Waals surface area contributed by atoms with Crippen molar-refractivity contribution in [2.24, 2.45) is 0 Å². The fourth-order valence-electron chi connectivity index (χ4n) is 2.87. The van der Waals surface area contributed by atoms with Gasteiger partial charge in [-0.1, -0.05) is 6.07 Å². The molecule has 2 heterocycles. The van der Waals surface area contributed by atoms with Gasteiger partial charge in [0.05, 0.1) is 24.9 Å². The molecule has 5 nitrogen and oxygen atoms in total. The van der Waals surface area contributed by atoms with Crippen molar-refractivity contribution in [1.29, 1.82) is 0 Å². The molecule has 0 aliphatic rings. The smallest absolute Gasteiger partial charge is 0.252 e. The van der Waals surface area contributed by atoms with Crippen molar-refractivity contribution in [1.82, 2.24) is 15.1 Å². The molecule has 1 N–H and O–H groups in total. The molecule has 0 radical (unpaired) electrons. The van der Waals surface area contributed by atoms with Gasteiger partial charge in [-0.2, -0.15) is 5.10 Å². The highest BCUT2D eigenvalue weighted by Crippen LogP contribution is 2.30. The molecule has 0 bridgehead atoms. The Morgan fingerprint density at radius 2 is 2.15 bits per heavy atom. The second-order valence-corrected chi connectivity index (χ2v) is 7.65. The summed E-state index contributed by atoms with van der Waals surface area (Å²) in [5, 5.41) is 9.64. The summed E-state index contributed by atoms with van der Waals surface area (Å²) < 4.78 is 7.87. The minimum absolute atomic E-state index is 0.143. The maximum absolute atomic E-state index is 12.4. The number of aryl methyl sites for hydroxylation is 1. The number of nitrogens with one attached hydrogen (secondary N) is 1. The van der Waals surface area contributed by atoms with E-state index >= 15 is 0 Å². The maximum Gasteiger partial charge on any atom is 0.252 e. The number of thiophene rings is 1. The van der Waals surface area contributed by atoms with Gasteiger partial charge in [0.15, 0.2) is 0 Å². The molecule has 7 heteroatoms. The number of aromatic nitrogens is 2. The Kier molecular flexibility index (Phi) is 5.78. The van der Waals surface area contributed by atoms with Crippen molar-refractivity contribution in [3.8, 4) is 16.2 Å². The summed E-state index contributed by atoms with van der Waals surface area (Å²) in [6.45, 7) is 5.19. The van der Waals surface area contributed by atoms with Crippen LogP contribution in [0.5, 0.6) is 5.75 Å². The molecule has 0 aliphatic heterocycles. The number of rotatable bonds is 6. The zero-order valence-electron chi connectivity index (χ0n) is 14.9. The fourth-order valence-corrected chi connectivity index (χ4v) is 4.17. The number of methoxy groups -OCH3 is 1. The van der Waals surface area contributed by atoms with Gasteiger partial charge < -0.3 is 10.1 Å². The molecule has 136 valence electrons. The largest absolute Gasteiger partial charge is 0.497 e. The van der Waals surface area contributed by atoms with Gasteiger partial charge in [0, 0.05) is 27.2 Å². The SMILES string of the molecule is COc1ccc(Br)c(C(=O)NCCn2nc(C)c(-c3cccs3)c2C)c1. The van der Waals surface area contributed by atoms with Crippen molar-refractivity contribution in [3.05, 3.63) is 57.1 Å². The van der Waals surface area contributed by atoms with Crippen LogP contribution < -0.4 is 10.1 Å². The molecule has 0 fully saturated rings. The summed E-state index contributed by atoms with van der Waals surface area (Å²) in [6, 6.07) is 9.49. The molecule has 0 atom stereocenters.